The minimum atomic E-state index is -1.10. The van der Waals surface area contributed by atoms with Gasteiger partial charge in [-0.25, -0.2) is 0 Å². The standard InChI is InChI=1S/C35H56O4/c1-21(2)23-11-10-22-14-18-34(8)24(29(22)23)12-13-26-33(7)17-16-27(39-28(36)20-31(3,4)30(37)38)32(5,6)25(33)15-19-35(26,34)9/h22-27,29H,1,10-20H2,2-9H3,(H,37,38)/t22?,23-,24?,25?,26?,27?,29?,33?,34-,35-/m1/s1. The minimum absolute atomic E-state index is 0.0787. The Hall–Kier alpha value is -1.32. The van der Waals surface area contributed by atoms with Crippen LogP contribution in [0.4, 0.5) is 0 Å². The molecule has 0 aromatic heterocycles. The molecule has 0 aromatic rings. The molecule has 7 unspecified atom stereocenters. The molecule has 5 fully saturated rings. The number of carboxylic acid groups (broad SMARTS) is 1. The summed E-state index contributed by atoms with van der Waals surface area (Å²) in [6.07, 6.45) is 12.5. The molecular weight excluding hydrogens is 484 g/mol. The number of carbonyl (C=O) groups excluding carboxylic acids is 1. The first kappa shape index (κ1) is 29.2. The van der Waals surface area contributed by atoms with Crippen LogP contribution in [0.25, 0.3) is 0 Å². The first-order valence-corrected chi connectivity index (χ1v) is 16.1. The van der Waals surface area contributed by atoms with E-state index in [1.165, 1.54) is 56.9 Å². The maximum absolute atomic E-state index is 12.9. The second-order valence-corrected chi connectivity index (χ2v) is 16.8. The maximum atomic E-state index is 12.9. The van der Waals surface area contributed by atoms with Crippen molar-refractivity contribution in [2.45, 2.75) is 132 Å². The van der Waals surface area contributed by atoms with E-state index in [1.54, 1.807) is 13.8 Å². The van der Waals surface area contributed by atoms with E-state index in [4.69, 9.17) is 4.74 Å². The van der Waals surface area contributed by atoms with E-state index in [9.17, 15) is 14.7 Å². The van der Waals surface area contributed by atoms with Crippen molar-refractivity contribution in [3.05, 3.63) is 12.2 Å². The summed E-state index contributed by atoms with van der Waals surface area (Å²) in [5.41, 5.74) is 1.18. The van der Waals surface area contributed by atoms with E-state index < -0.39 is 11.4 Å². The number of rotatable bonds is 5. The van der Waals surface area contributed by atoms with Gasteiger partial charge < -0.3 is 9.84 Å². The minimum Gasteiger partial charge on any atom is -0.481 e. The van der Waals surface area contributed by atoms with Crippen molar-refractivity contribution < 1.29 is 19.4 Å². The zero-order valence-electron chi connectivity index (χ0n) is 26.2. The van der Waals surface area contributed by atoms with Crippen LogP contribution in [0.5, 0.6) is 0 Å². The first-order chi connectivity index (χ1) is 18.0. The number of allylic oxidation sites excluding steroid dienone is 1. The average Bonchev–Trinajstić information content (AvgIpc) is 3.25. The van der Waals surface area contributed by atoms with Gasteiger partial charge in [0.1, 0.15) is 6.10 Å². The second kappa shape index (κ2) is 9.35. The molecular formula is C35H56O4. The van der Waals surface area contributed by atoms with E-state index in [2.05, 4.69) is 48.1 Å². The average molecular weight is 541 g/mol. The Bertz CT molecular complexity index is 1030. The van der Waals surface area contributed by atoms with E-state index in [1.807, 2.05) is 0 Å². The van der Waals surface area contributed by atoms with E-state index in [0.29, 0.717) is 22.7 Å². The smallest absolute Gasteiger partial charge is 0.309 e. The Morgan fingerprint density at radius 1 is 0.872 bits per heavy atom. The van der Waals surface area contributed by atoms with E-state index >= 15 is 0 Å². The van der Waals surface area contributed by atoms with E-state index in [-0.39, 0.29) is 29.3 Å². The Balaban J connectivity index is 1.38. The number of fused-ring (bicyclic) bond motifs is 7. The summed E-state index contributed by atoms with van der Waals surface area (Å²) in [5.74, 6) is 3.19. The van der Waals surface area contributed by atoms with Crippen LogP contribution < -0.4 is 0 Å². The fourth-order valence-corrected chi connectivity index (χ4v) is 12.0. The topological polar surface area (TPSA) is 63.6 Å². The molecule has 0 amide bonds. The van der Waals surface area contributed by atoms with E-state index in [0.717, 1.165) is 36.5 Å². The van der Waals surface area contributed by atoms with Crippen molar-refractivity contribution >= 4 is 11.9 Å². The van der Waals surface area contributed by atoms with Crippen molar-refractivity contribution in [2.24, 2.45) is 62.6 Å². The summed E-state index contributed by atoms with van der Waals surface area (Å²) in [7, 11) is 0. The molecule has 4 nitrogen and oxygen atoms in total. The lowest BCUT2D eigenvalue weighted by Gasteiger charge is -2.72. The molecule has 0 spiro atoms. The zero-order chi connectivity index (χ0) is 28.8. The largest absolute Gasteiger partial charge is 0.481 e. The highest BCUT2D eigenvalue weighted by atomic mass is 16.5. The van der Waals surface area contributed by atoms with Crippen molar-refractivity contribution in [3.63, 3.8) is 0 Å². The summed E-state index contributed by atoms with van der Waals surface area (Å²) < 4.78 is 6.12. The molecule has 5 rings (SSSR count). The summed E-state index contributed by atoms with van der Waals surface area (Å²) in [5, 5.41) is 9.50. The van der Waals surface area contributed by atoms with Crippen LogP contribution in [0.2, 0.25) is 0 Å². The predicted molar refractivity (Wildman–Crippen MR) is 156 cm³/mol. The third-order valence-electron chi connectivity index (χ3n) is 14.3. The zero-order valence-corrected chi connectivity index (χ0v) is 26.2. The van der Waals surface area contributed by atoms with Gasteiger partial charge in [0.05, 0.1) is 11.8 Å². The van der Waals surface area contributed by atoms with Gasteiger partial charge in [-0.1, -0.05) is 46.8 Å². The van der Waals surface area contributed by atoms with Gasteiger partial charge in [0.15, 0.2) is 0 Å². The number of aliphatic carboxylic acids is 1. The van der Waals surface area contributed by atoms with Gasteiger partial charge in [-0.2, -0.15) is 0 Å². The molecule has 5 saturated carbocycles. The highest BCUT2D eigenvalue weighted by Gasteiger charge is 2.69. The molecule has 5 aliphatic rings. The molecule has 39 heavy (non-hydrogen) atoms. The molecule has 0 bridgehead atoms. The lowest BCUT2D eigenvalue weighted by atomic mass is 9.33. The Morgan fingerprint density at radius 3 is 2.18 bits per heavy atom. The number of ether oxygens (including phenoxy) is 1. The molecule has 0 aliphatic heterocycles. The first-order valence-electron chi connectivity index (χ1n) is 16.1. The summed E-state index contributed by atoms with van der Waals surface area (Å²) in [4.78, 5) is 24.5. The Kier molecular flexibility index (Phi) is 6.99. The number of esters is 1. The predicted octanol–water partition coefficient (Wildman–Crippen LogP) is 8.69. The molecule has 4 heteroatoms. The van der Waals surface area contributed by atoms with Gasteiger partial charge in [-0.3, -0.25) is 9.59 Å². The summed E-state index contributed by atoms with van der Waals surface area (Å²) >= 11 is 0. The number of carbonyl (C=O) groups is 2. The molecule has 1 N–H and O–H groups in total. The van der Waals surface area contributed by atoms with Crippen LogP contribution in [-0.4, -0.2) is 23.1 Å². The van der Waals surface area contributed by atoms with Crippen LogP contribution in [0, 0.1) is 62.6 Å². The number of hydrogen-bond donors (Lipinski definition) is 1. The van der Waals surface area contributed by atoms with Gasteiger partial charge in [-0.15, -0.1) is 0 Å². The third kappa shape index (κ3) is 4.18. The molecule has 0 saturated heterocycles. The van der Waals surface area contributed by atoms with Crippen LogP contribution in [0.3, 0.4) is 0 Å². The lowest BCUT2D eigenvalue weighted by molar-refractivity contribution is -0.244. The molecule has 220 valence electrons. The second-order valence-electron chi connectivity index (χ2n) is 16.8. The number of hydrogen-bond acceptors (Lipinski definition) is 3. The SMILES string of the molecule is C=C(C)[C@H]1CCC2CC[C@]3(C)C(CCC4C5(C)CCC(OC(=O)CC(C)(C)C(=O)O)C(C)(C)C5CC[C@]43C)C21. The quantitative estimate of drug-likeness (QED) is 0.280. The molecule has 10 atom stereocenters. The molecule has 0 radical (unpaired) electrons. The fraction of sp³-hybridized carbons (Fsp3) is 0.886. The molecule has 0 heterocycles. The van der Waals surface area contributed by atoms with Crippen LogP contribution >= 0.6 is 0 Å². The van der Waals surface area contributed by atoms with Crippen molar-refractivity contribution in [3.8, 4) is 0 Å². The van der Waals surface area contributed by atoms with Crippen molar-refractivity contribution in [1.29, 1.82) is 0 Å². The Labute approximate surface area is 238 Å². The van der Waals surface area contributed by atoms with Crippen LogP contribution in [0.1, 0.15) is 126 Å². The summed E-state index contributed by atoms with van der Waals surface area (Å²) in [6.45, 7) is 22.6. The lowest BCUT2D eigenvalue weighted by Crippen LogP contribution is -2.66. The van der Waals surface area contributed by atoms with Gasteiger partial charge >= 0.3 is 11.9 Å². The number of carboxylic acids is 1. The van der Waals surface area contributed by atoms with Gasteiger partial charge in [0.2, 0.25) is 0 Å². The highest BCUT2D eigenvalue weighted by Crippen LogP contribution is 2.76. The van der Waals surface area contributed by atoms with Gasteiger partial charge in [0.25, 0.3) is 0 Å². The fourth-order valence-electron chi connectivity index (χ4n) is 12.0. The van der Waals surface area contributed by atoms with Crippen LogP contribution in [0.15, 0.2) is 12.2 Å². The van der Waals surface area contributed by atoms with Crippen molar-refractivity contribution in [2.75, 3.05) is 0 Å². The molecule has 0 aromatic carbocycles. The normalized spacial score (nSPS) is 46.7. The van der Waals surface area contributed by atoms with Crippen molar-refractivity contribution in [1.82, 2.24) is 0 Å². The summed E-state index contributed by atoms with van der Waals surface area (Å²) in [6, 6.07) is 0. The third-order valence-corrected chi connectivity index (χ3v) is 14.3. The highest BCUT2D eigenvalue weighted by molar-refractivity contribution is 5.81. The Morgan fingerprint density at radius 2 is 1.54 bits per heavy atom. The van der Waals surface area contributed by atoms with Gasteiger partial charge in [0, 0.05) is 5.41 Å². The maximum Gasteiger partial charge on any atom is 0.309 e. The van der Waals surface area contributed by atoms with Crippen LogP contribution in [-0.2, 0) is 14.3 Å². The molecule has 5 aliphatic carbocycles. The monoisotopic (exact) mass is 540 g/mol. The van der Waals surface area contributed by atoms with Gasteiger partial charge in [-0.05, 0) is 137 Å².